The van der Waals surface area contributed by atoms with Gasteiger partial charge in [-0.25, -0.2) is 9.59 Å². The van der Waals surface area contributed by atoms with Gasteiger partial charge in [0.15, 0.2) is 0 Å². The molecule has 6 nitrogen and oxygen atoms in total. The Balaban J connectivity index is 1.81. The average Bonchev–Trinajstić information content (AvgIpc) is 2.34. The molecule has 108 valence electrons. The van der Waals surface area contributed by atoms with E-state index in [1.165, 1.54) is 0 Å². The van der Waals surface area contributed by atoms with Crippen LogP contribution in [0.3, 0.4) is 0 Å². The lowest BCUT2D eigenvalue weighted by Gasteiger charge is -2.39. The summed E-state index contributed by atoms with van der Waals surface area (Å²) in [7, 11) is 0. The van der Waals surface area contributed by atoms with Crippen molar-refractivity contribution in [1.29, 1.82) is 0 Å². The molecule has 1 aliphatic heterocycles. The molecule has 0 aromatic carbocycles. The van der Waals surface area contributed by atoms with Crippen molar-refractivity contribution in [3.8, 4) is 0 Å². The number of aliphatic carboxylic acids is 1. The van der Waals surface area contributed by atoms with Crippen molar-refractivity contribution in [2.45, 2.75) is 50.6 Å². The summed E-state index contributed by atoms with van der Waals surface area (Å²) in [6, 6.07) is -0.337. The molecule has 0 aromatic heterocycles. The Labute approximate surface area is 112 Å². The van der Waals surface area contributed by atoms with Crippen LogP contribution in [0.2, 0.25) is 0 Å². The summed E-state index contributed by atoms with van der Waals surface area (Å²) in [6.45, 7) is 3.43. The third-order valence-electron chi connectivity index (χ3n) is 4.30. The van der Waals surface area contributed by atoms with Crippen LogP contribution in [0.1, 0.15) is 39.0 Å². The molecule has 2 amide bonds. The number of rotatable bonds is 4. The summed E-state index contributed by atoms with van der Waals surface area (Å²) in [5.41, 5.74) is -1.04. The molecule has 1 heterocycles. The summed E-state index contributed by atoms with van der Waals surface area (Å²) in [5.74, 6) is -0.533. The average molecular weight is 270 g/mol. The number of carboxylic acids is 1. The van der Waals surface area contributed by atoms with Crippen LogP contribution in [0.25, 0.3) is 0 Å². The highest BCUT2D eigenvalue weighted by Crippen LogP contribution is 2.32. The topological polar surface area (TPSA) is 87.7 Å². The summed E-state index contributed by atoms with van der Waals surface area (Å²) < 4.78 is 5.29. The minimum Gasteiger partial charge on any atom is -0.480 e. The molecule has 0 radical (unpaired) electrons. The standard InChI is InChI=1S/C13H22N2O4/c1-9(10-3-7-19-8-4-10)14-12(18)15-13(11(16)17)5-2-6-13/h9-10H,2-8H2,1H3,(H,16,17)(H2,14,15,18). The molecule has 3 N–H and O–H groups in total. The zero-order valence-corrected chi connectivity index (χ0v) is 11.3. The molecule has 2 rings (SSSR count). The van der Waals surface area contributed by atoms with Crippen molar-refractivity contribution in [3.05, 3.63) is 0 Å². The first kappa shape index (κ1) is 14.1. The highest BCUT2D eigenvalue weighted by Gasteiger charge is 2.45. The van der Waals surface area contributed by atoms with Gasteiger partial charge in [-0.1, -0.05) is 0 Å². The Morgan fingerprint density at radius 3 is 2.42 bits per heavy atom. The van der Waals surface area contributed by atoms with Crippen LogP contribution in [-0.4, -0.2) is 41.9 Å². The SMILES string of the molecule is CC(NC(=O)NC1(C(=O)O)CCC1)C1CCOCC1. The molecule has 0 bridgehead atoms. The molecule has 1 atom stereocenters. The van der Waals surface area contributed by atoms with Crippen molar-refractivity contribution in [3.63, 3.8) is 0 Å². The minimum absolute atomic E-state index is 0.0369. The molecule has 1 aliphatic carbocycles. The third-order valence-corrected chi connectivity index (χ3v) is 4.30. The molecule has 1 unspecified atom stereocenters. The second kappa shape index (κ2) is 5.77. The Kier molecular flexibility index (Phi) is 4.29. The zero-order chi connectivity index (χ0) is 13.9. The first-order valence-electron chi connectivity index (χ1n) is 6.93. The molecule has 2 fully saturated rings. The molecule has 19 heavy (non-hydrogen) atoms. The lowest BCUT2D eigenvalue weighted by atomic mass is 9.77. The van der Waals surface area contributed by atoms with E-state index in [1.54, 1.807) is 0 Å². The van der Waals surface area contributed by atoms with Crippen molar-refractivity contribution in [2.75, 3.05) is 13.2 Å². The fourth-order valence-corrected chi connectivity index (χ4v) is 2.72. The fourth-order valence-electron chi connectivity index (χ4n) is 2.72. The zero-order valence-electron chi connectivity index (χ0n) is 11.3. The van der Waals surface area contributed by atoms with Crippen LogP contribution in [0.15, 0.2) is 0 Å². The van der Waals surface area contributed by atoms with Gasteiger partial charge in [0, 0.05) is 19.3 Å². The second-order valence-corrected chi connectivity index (χ2v) is 5.58. The van der Waals surface area contributed by atoms with Crippen LogP contribution >= 0.6 is 0 Å². The number of carbonyl (C=O) groups excluding carboxylic acids is 1. The van der Waals surface area contributed by atoms with Gasteiger partial charge < -0.3 is 20.5 Å². The van der Waals surface area contributed by atoms with E-state index in [0.717, 1.165) is 32.5 Å². The third kappa shape index (κ3) is 3.18. The minimum atomic E-state index is -1.04. The Hall–Kier alpha value is -1.30. The summed E-state index contributed by atoms with van der Waals surface area (Å²) >= 11 is 0. The summed E-state index contributed by atoms with van der Waals surface area (Å²) in [6.07, 6.45) is 3.75. The van der Waals surface area contributed by atoms with Crippen molar-refractivity contribution in [1.82, 2.24) is 10.6 Å². The largest absolute Gasteiger partial charge is 0.480 e. The Morgan fingerprint density at radius 1 is 1.32 bits per heavy atom. The normalized spacial score (nSPS) is 24.1. The van der Waals surface area contributed by atoms with Gasteiger partial charge in [-0.3, -0.25) is 0 Å². The number of hydrogen-bond donors (Lipinski definition) is 3. The lowest BCUT2D eigenvalue weighted by Crippen LogP contribution is -2.62. The lowest BCUT2D eigenvalue weighted by molar-refractivity contribution is -0.148. The van der Waals surface area contributed by atoms with Gasteiger partial charge in [0.1, 0.15) is 5.54 Å². The molecule has 1 saturated carbocycles. The monoisotopic (exact) mass is 270 g/mol. The molecular formula is C13H22N2O4. The predicted molar refractivity (Wildman–Crippen MR) is 68.9 cm³/mol. The molecule has 0 aromatic rings. The van der Waals surface area contributed by atoms with Gasteiger partial charge in [-0.15, -0.1) is 0 Å². The second-order valence-electron chi connectivity index (χ2n) is 5.58. The summed E-state index contributed by atoms with van der Waals surface area (Å²) in [5, 5.41) is 14.6. The van der Waals surface area contributed by atoms with E-state index >= 15 is 0 Å². The highest BCUT2D eigenvalue weighted by atomic mass is 16.5. The van der Waals surface area contributed by atoms with Crippen molar-refractivity contribution >= 4 is 12.0 Å². The van der Waals surface area contributed by atoms with E-state index in [9.17, 15) is 9.59 Å². The molecule has 0 spiro atoms. The van der Waals surface area contributed by atoms with Gasteiger partial charge in [0.25, 0.3) is 0 Å². The van der Waals surface area contributed by atoms with Crippen LogP contribution in [0.5, 0.6) is 0 Å². The van der Waals surface area contributed by atoms with E-state index in [-0.39, 0.29) is 12.1 Å². The fraction of sp³-hybridized carbons (Fsp3) is 0.846. The van der Waals surface area contributed by atoms with Crippen molar-refractivity contribution < 1.29 is 19.4 Å². The maximum absolute atomic E-state index is 11.9. The molecule has 2 aliphatic rings. The van der Waals surface area contributed by atoms with Gasteiger partial charge in [-0.05, 0) is 44.9 Å². The van der Waals surface area contributed by atoms with Gasteiger partial charge in [-0.2, -0.15) is 0 Å². The number of carboxylic acid groups (broad SMARTS) is 1. The summed E-state index contributed by atoms with van der Waals surface area (Å²) in [4.78, 5) is 23.1. The number of hydrogen-bond acceptors (Lipinski definition) is 3. The molecule has 6 heteroatoms. The van der Waals surface area contributed by atoms with E-state index in [0.29, 0.717) is 18.8 Å². The predicted octanol–water partition coefficient (Wildman–Crippen LogP) is 1.11. The van der Waals surface area contributed by atoms with Gasteiger partial charge in [0.2, 0.25) is 0 Å². The quantitative estimate of drug-likeness (QED) is 0.714. The van der Waals surface area contributed by atoms with Gasteiger partial charge >= 0.3 is 12.0 Å². The molecular weight excluding hydrogens is 248 g/mol. The number of ether oxygens (including phenoxy) is 1. The van der Waals surface area contributed by atoms with E-state index in [4.69, 9.17) is 9.84 Å². The first-order valence-corrected chi connectivity index (χ1v) is 6.93. The number of carbonyl (C=O) groups is 2. The Morgan fingerprint density at radius 2 is 1.95 bits per heavy atom. The maximum atomic E-state index is 11.9. The number of urea groups is 1. The smallest absolute Gasteiger partial charge is 0.329 e. The van der Waals surface area contributed by atoms with E-state index in [2.05, 4.69) is 10.6 Å². The first-order chi connectivity index (χ1) is 9.03. The number of amides is 2. The Bertz CT molecular complexity index is 349. The number of nitrogens with one attached hydrogen (secondary N) is 2. The van der Waals surface area contributed by atoms with Crippen LogP contribution in [0.4, 0.5) is 4.79 Å². The highest BCUT2D eigenvalue weighted by molar-refractivity contribution is 5.87. The van der Waals surface area contributed by atoms with E-state index < -0.39 is 11.5 Å². The van der Waals surface area contributed by atoms with Crippen LogP contribution in [0, 0.1) is 5.92 Å². The van der Waals surface area contributed by atoms with Crippen molar-refractivity contribution in [2.24, 2.45) is 5.92 Å². The maximum Gasteiger partial charge on any atom is 0.329 e. The van der Waals surface area contributed by atoms with E-state index in [1.807, 2.05) is 6.92 Å². The van der Waals surface area contributed by atoms with Crippen LogP contribution in [-0.2, 0) is 9.53 Å². The van der Waals surface area contributed by atoms with Gasteiger partial charge in [0.05, 0.1) is 0 Å². The van der Waals surface area contributed by atoms with Crippen LogP contribution < -0.4 is 10.6 Å². The molecule has 1 saturated heterocycles.